The van der Waals surface area contributed by atoms with Crippen molar-refractivity contribution in [3.63, 3.8) is 0 Å². The van der Waals surface area contributed by atoms with Crippen LogP contribution in [0, 0.1) is 10.1 Å². The summed E-state index contributed by atoms with van der Waals surface area (Å²) in [6, 6.07) is 6.58. The topological polar surface area (TPSA) is 120 Å². The highest BCUT2D eigenvalue weighted by molar-refractivity contribution is 5.63. The molecule has 2 unspecified atom stereocenters. The van der Waals surface area contributed by atoms with E-state index in [4.69, 9.17) is 19.3 Å². The third-order valence-corrected chi connectivity index (χ3v) is 4.05. The summed E-state index contributed by atoms with van der Waals surface area (Å²) in [6.07, 6.45) is 1.08. The molecule has 1 saturated heterocycles. The van der Waals surface area contributed by atoms with Crippen molar-refractivity contribution < 1.29 is 24.2 Å². The van der Waals surface area contributed by atoms with Crippen LogP contribution in [0.3, 0.4) is 0 Å². The van der Waals surface area contributed by atoms with Gasteiger partial charge in [0.25, 0.3) is 0 Å². The molecule has 2 heterocycles. The van der Waals surface area contributed by atoms with Gasteiger partial charge in [0.15, 0.2) is 0 Å². The monoisotopic (exact) mass is 390 g/mol. The summed E-state index contributed by atoms with van der Waals surface area (Å²) in [5.74, 6) is 0.844. The van der Waals surface area contributed by atoms with Gasteiger partial charge in [-0.3, -0.25) is 10.1 Å². The molecule has 2 atom stereocenters. The summed E-state index contributed by atoms with van der Waals surface area (Å²) in [4.78, 5) is 21.2. The van der Waals surface area contributed by atoms with Crippen molar-refractivity contribution in [1.82, 2.24) is 9.97 Å². The van der Waals surface area contributed by atoms with Crippen molar-refractivity contribution in [2.75, 3.05) is 31.2 Å². The minimum absolute atomic E-state index is 0.0805. The average molecular weight is 390 g/mol. The molecule has 10 heteroatoms. The maximum absolute atomic E-state index is 11.8. The quantitative estimate of drug-likeness (QED) is 0.560. The molecule has 28 heavy (non-hydrogen) atoms. The van der Waals surface area contributed by atoms with Crippen molar-refractivity contribution in [3.8, 4) is 17.4 Å². The summed E-state index contributed by atoms with van der Waals surface area (Å²) in [5, 5.41) is 20.6. The van der Waals surface area contributed by atoms with Gasteiger partial charge in [-0.1, -0.05) is 6.07 Å². The summed E-state index contributed by atoms with van der Waals surface area (Å²) < 4.78 is 16.7. The molecular formula is C18H22N4O6. The van der Waals surface area contributed by atoms with Gasteiger partial charge in [0.05, 0.1) is 23.7 Å². The Morgan fingerprint density at radius 3 is 2.68 bits per heavy atom. The van der Waals surface area contributed by atoms with E-state index in [1.807, 2.05) is 18.7 Å². The standard InChI is InChI=1S/C18H22N4O6/c1-12-9-21(10-13(2)27-12)17-16(22(24)25)18(20-11-19-17)28-15-5-3-4-14(8-15)26-7-6-23/h3-5,8,11-13,23H,6-7,9-10H2,1-2H3. The van der Waals surface area contributed by atoms with E-state index >= 15 is 0 Å². The van der Waals surface area contributed by atoms with Crippen LogP contribution in [-0.2, 0) is 4.74 Å². The Morgan fingerprint density at radius 2 is 2.00 bits per heavy atom. The number of rotatable bonds is 7. The zero-order valence-electron chi connectivity index (χ0n) is 15.6. The van der Waals surface area contributed by atoms with Gasteiger partial charge in [0.1, 0.15) is 24.4 Å². The number of benzene rings is 1. The molecular weight excluding hydrogens is 368 g/mol. The molecule has 1 aliphatic rings. The first-order valence-electron chi connectivity index (χ1n) is 8.89. The molecule has 1 aliphatic heterocycles. The van der Waals surface area contributed by atoms with Crippen LogP contribution in [0.2, 0.25) is 0 Å². The van der Waals surface area contributed by atoms with Crippen molar-refractivity contribution in [2.24, 2.45) is 0 Å². The minimum atomic E-state index is -0.540. The predicted octanol–water partition coefficient (Wildman–Crippen LogP) is 2.16. The molecule has 1 fully saturated rings. The van der Waals surface area contributed by atoms with E-state index in [1.54, 1.807) is 24.3 Å². The Labute approximate surface area is 161 Å². The highest BCUT2D eigenvalue weighted by Crippen LogP contribution is 2.37. The second-order valence-corrected chi connectivity index (χ2v) is 6.42. The Balaban J connectivity index is 1.91. The lowest BCUT2D eigenvalue weighted by Crippen LogP contribution is -2.46. The van der Waals surface area contributed by atoms with Crippen LogP contribution in [-0.4, -0.2) is 58.5 Å². The molecule has 1 aromatic carbocycles. The van der Waals surface area contributed by atoms with Gasteiger partial charge in [-0.05, 0) is 26.0 Å². The van der Waals surface area contributed by atoms with Gasteiger partial charge in [-0.15, -0.1) is 0 Å². The lowest BCUT2D eigenvalue weighted by molar-refractivity contribution is -0.385. The first-order valence-corrected chi connectivity index (χ1v) is 8.89. The van der Waals surface area contributed by atoms with Gasteiger partial charge in [0, 0.05) is 19.2 Å². The van der Waals surface area contributed by atoms with Crippen LogP contribution in [0.1, 0.15) is 13.8 Å². The van der Waals surface area contributed by atoms with E-state index in [0.717, 1.165) is 0 Å². The van der Waals surface area contributed by atoms with E-state index < -0.39 is 4.92 Å². The lowest BCUT2D eigenvalue weighted by atomic mass is 10.2. The molecule has 0 bridgehead atoms. The van der Waals surface area contributed by atoms with Gasteiger partial charge in [-0.2, -0.15) is 4.98 Å². The summed E-state index contributed by atoms with van der Waals surface area (Å²) >= 11 is 0. The van der Waals surface area contributed by atoms with Gasteiger partial charge in [0.2, 0.25) is 5.82 Å². The first kappa shape index (κ1) is 19.8. The number of anilines is 1. The number of aliphatic hydroxyl groups is 1. The number of aromatic nitrogens is 2. The Bertz CT molecular complexity index is 823. The van der Waals surface area contributed by atoms with Crippen LogP contribution < -0.4 is 14.4 Å². The van der Waals surface area contributed by atoms with E-state index in [9.17, 15) is 10.1 Å². The lowest BCUT2D eigenvalue weighted by Gasteiger charge is -2.35. The van der Waals surface area contributed by atoms with Gasteiger partial charge < -0.3 is 24.2 Å². The number of aliphatic hydroxyl groups excluding tert-OH is 1. The summed E-state index contributed by atoms with van der Waals surface area (Å²) in [5.41, 5.74) is -0.300. The van der Waals surface area contributed by atoms with E-state index in [2.05, 4.69) is 9.97 Å². The second kappa shape index (κ2) is 8.81. The minimum Gasteiger partial charge on any atom is -0.491 e. The van der Waals surface area contributed by atoms with Crippen molar-refractivity contribution in [3.05, 3.63) is 40.7 Å². The van der Waals surface area contributed by atoms with Crippen LogP contribution in [0.5, 0.6) is 17.4 Å². The Morgan fingerprint density at radius 1 is 1.29 bits per heavy atom. The number of morpholine rings is 1. The van der Waals surface area contributed by atoms with Crippen molar-refractivity contribution >= 4 is 11.5 Å². The zero-order valence-corrected chi connectivity index (χ0v) is 15.6. The first-order chi connectivity index (χ1) is 13.5. The molecule has 0 saturated carbocycles. The van der Waals surface area contributed by atoms with Crippen molar-refractivity contribution in [2.45, 2.75) is 26.1 Å². The van der Waals surface area contributed by atoms with E-state index in [-0.39, 0.29) is 42.8 Å². The fraction of sp³-hybridized carbons (Fsp3) is 0.444. The zero-order chi connectivity index (χ0) is 20.1. The highest BCUT2D eigenvalue weighted by Gasteiger charge is 2.32. The fourth-order valence-electron chi connectivity index (χ4n) is 3.07. The molecule has 1 aromatic heterocycles. The smallest absolute Gasteiger partial charge is 0.373 e. The van der Waals surface area contributed by atoms with Crippen molar-refractivity contribution in [1.29, 1.82) is 0 Å². The Hall–Kier alpha value is -2.98. The summed E-state index contributed by atoms with van der Waals surface area (Å²) in [7, 11) is 0. The van der Waals surface area contributed by atoms with E-state index in [1.165, 1.54) is 6.33 Å². The molecule has 0 spiro atoms. The normalized spacial score (nSPS) is 19.3. The predicted molar refractivity (Wildman–Crippen MR) is 100 cm³/mol. The third-order valence-electron chi connectivity index (χ3n) is 4.05. The number of hydrogen-bond acceptors (Lipinski definition) is 9. The molecule has 0 amide bonds. The summed E-state index contributed by atoms with van der Waals surface area (Å²) in [6.45, 7) is 4.78. The van der Waals surface area contributed by atoms with Crippen LogP contribution in [0.15, 0.2) is 30.6 Å². The van der Waals surface area contributed by atoms with Crippen LogP contribution >= 0.6 is 0 Å². The van der Waals surface area contributed by atoms with Crippen LogP contribution in [0.25, 0.3) is 0 Å². The third kappa shape index (κ3) is 4.65. The molecule has 2 aromatic rings. The number of ether oxygens (including phenoxy) is 3. The maximum Gasteiger partial charge on any atom is 0.373 e. The maximum atomic E-state index is 11.8. The number of nitro groups is 1. The van der Waals surface area contributed by atoms with Gasteiger partial charge in [-0.25, -0.2) is 4.98 Å². The van der Waals surface area contributed by atoms with E-state index in [0.29, 0.717) is 24.6 Å². The highest BCUT2D eigenvalue weighted by atomic mass is 16.6. The number of hydrogen-bond donors (Lipinski definition) is 1. The SMILES string of the molecule is CC1CN(c2ncnc(Oc3cccc(OCCO)c3)c2[N+](=O)[O-])CC(C)O1. The largest absolute Gasteiger partial charge is 0.491 e. The molecule has 150 valence electrons. The number of nitrogens with zero attached hydrogens (tertiary/aromatic N) is 4. The van der Waals surface area contributed by atoms with Crippen LogP contribution in [0.4, 0.5) is 11.5 Å². The molecule has 0 radical (unpaired) electrons. The molecule has 0 aliphatic carbocycles. The molecule has 1 N–H and O–H groups in total. The fourth-order valence-corrected chi connectivity index (χ4v) is 3.07. The van der Waals surface area contributed by atoms with Gasteiger partial charge >= 0.3 is 11.6 Å². The average Bonchev–Trinajstić information content (AvgIpc) is 2.65. The molecule has 10 nitrogen and oxygen atoms in total. The molecule has 3 rings (SSSR count). The Kier molecular flexibility index (Phi) is 6.22. The second-order valence-electron chi connectivity index (χ2n) is 6.42.